The van der Waals surface area contributed by atoms with Gasteiger partial charge in [-0.25, -0.2) is 0 Å². The van der Waals surface area contributed by atoms with E-state index in [1.807, 2.05) is 6.92 Å². The van der Waals surface area contributed by atoms with E-state index in [1.54, 1.807) is 19.3 Å². The van der Waals surface area contributed by atoms with Crippen LogP contribution in [0.1, 0.15) is 13.3 Å². The SMILES string of the molecule is CC(CN)CC(=O)Nc1ccc(=O)n(C)c1. The number of aromatic nitrogens is 1. The molecule has 3 N–H and O–H groups in total. The number of pyridine rings is 1. The van der Waals surface area contributed by atoms with Gasteiger partial charge in [0.15, 0.2) is 0 Å². The van der Waals surface area contributed by atoms with Crippen LogP contribution in [-0.2, 0) is 11.8 Å². The maximum atomic E-state index is 11.5. The van der Waals surface area contributed by atoms with E-state index in [1.165, 1.54) is 10.6 Å². The molecular formula is C11H17N3O2. The highest BCUT2D eigenvalue weighted by Gasteiger charge is 2.07. The fraction of sp³-hybridized carbons (Fsp3) is 0.455. The van der Waals surface area contributed by atoms with Crippen molar-refractivity contribution in [1.29, 1.82) is 0 Å². The highest BCUT2D eigenvalue weighted by Crippen LogP contribution is 2.06. The van der Waals surface area contributed by atoms with Crippen molar-refractivity contribution in [3.8, 4) is 0 Å². The standard InChI is InChI=1S/C11H17N3O2/c1-8(6-12)5-10(15)13-9-3-4-11(16)14(2)7-9/h3-4,7-8H,5-6,12H2,1-2H3,(H,13,15). The van der Waals surface area contributed by atoms with Crippen LogP contribution in [-0.4, -0.2) is 17.0 Å². The summed E-state index contributed by atoms with van der Waals surface area (Å²) >= 11 is 0. The lowest BCUT2D eigenvalue weighted by Gasteiger charge is -2.09. The second kappa shape index (κ2) is 5.46. The molecule has 1 heterocycles. The van der Waals surface area contributed by atoms with Crippen LogP contribution in [0, 0.1) is 5.92 Å². The number of rotatable bonds is 4. The molecule has 1 aromatic heterocycles. The van der Waals surface area contributed by atoms with Gasteiger partial charge in [0.25, 0.3) is 0 Å². The maximum absolute atomic E-state index is 11.5. The minimum atomic E-state index is -0.103. The average Bonchev–Trinajstić information content (AvgIpc) is 2.23. The topological polar surface area (TPSA) is 77.1 Å². The quantitative estimate of drug-likeness (QED) is 0.771. The zero-order valence-electron chi connectivity index (χ0n) is 9.56. The maximum Gasteiger partial charge on any atom is 0.250 e. The fourth-order valence-corrected chi connectivity index (χ4v) is 1.28. The number of carbonyl (C=O) groups is 1. The van der Waals surface area contributed by atoms with Crippen molar-refractivity contribution >= 4 is 11.6 Å². The number of hydrogen-bond donors (Lipinski definition) is 2. The third-order valence-electron chi connectivity index (χ3n) is 2.31. The van der Waals surface area contributed by atoms with Gasteiger partial charge in [-0.1, -0.05) is 6.92 Å². The zero-order chi connectivity index (χ0) is 12.1. The minimum absolute atomic E-state index is 0.0865. The van der Waals surface area contributed by atoms with Gasteiger partial charge in [0.1, 0.15) is 0 Å². The molecule has 0 saturated heterocycles. The van der Waals surface area contributed by atoms with Gasteiger partial charge in [-0.15, -0.1) is 0 Å². The molecule has 0 radical (unpaired) electrons. The number of hydrogen-bond acceptors (Lipinski definition) is 3. The Kier molecular flexibility index (Phi) is 4.25. The van der Waals surface area contributed by atoms with Crippen LogP contribution in [0.3, 0.4) is 0 Å². The molecule has 16 heavy (non-hydrogen) atoms. The Labute approximate surface area is 94.3 Å². The third kappa shape index (κ3) is 3.51. The summed E-state index contributed by atoms with van der Waals surface area (Å²) in [5.74, 6) is 0.0733. The normalized spacial score (nSPS) is 12.2. The molecule has 5 nitrogen and oxygen atoms in total. The monoisotopic (exact) mass is 223 g/mol. The Hall–Kier alpha value is -1.62. The predicted octanol–water partition coefficient (Wildman–Crippen LogP) is 0.309. The first kappa shape index (κ1) is 12.4. The molecule has 0 saturated carbocycles. The number of carbonyl (C=O) groups excluding carboxylic acids is 1. The van der Waals surface area contributed by atoms with Gasteiger partial charge in [-0.05, 0) is 18.5 Å². The predicted molar refractivity (Wildman–Crippen MR) is 63.1 cm³/mol. The van der Waals surface area contributed by atoms with E-state index >= 15 is 0 Å². The molecule has 88 valence electrons. The van der Waals surface area contributed by atoms with Crippen molar-refractivity contribution in [1.82, 2.24) is 4.57 Å². The number of nitrogens with two attached hydrogens (primary N) is 1. The Bertz CT molecular complexity index is 425. The highest BCUT2D eigenvalue weighted by atomic mass is 16.1. The molecule has 1 rings (SSSR count). The van der Waals surface area contributed by atoms with Crippen LogP contribution in [0.25, 0.3) is 0 Å². The summed E-state index contributed by atoms with van der Waals surface area (Å²) in [4.78, 5) is 22.6. The van der Waals surface area contributed by atoms with E-state index in [-0.39, 0.29) is 17.4 Å². The molecule has 0 aliphatic heterocycles. The molecule has 0 aliphatic rings. The van der Waals surface area contributed by atoms with Crippen LogP contribution in [0.4, 0.5) is 5.69 Å². The second-order valence-corrected chi connectivity index (χ2v) is 3.96. The molecule has 1 unspecified atom stereocenters. The minimum Gasteiger partial charge on any atom is -0.330 e. The summed E-state index contributed by atoms with van der Waals surface area (Å²) in [6.45, 7) is 2.40. The number of amides is 1. The van der Waals surface area contributed by atoms with Crippen molar-refractivity contribution in [2.24, 2.45) is 18.7 Å². The molecule has 0 fully saturated rings. The van der Waals surface area contributed by atoms with E-state index < -0.39 is 0 Å². The van der Waals surface area contributed by atoms with Gasteiger partial charge >= 0.3 is 0 Å². The smallest absolute Gasteiger partial charge is 0.250 e. The first-order valence-electron chi connectivity index (χ1n) is 5.19. The summed E-state index contributed by atoms with van der Waals surface area (Å²) < 4.78 is 1.42. The van der Waals surface area contributed by atoms with E-state index in [0.717, 1.165) is 0 Å². The van der Waals surface area contributed by atoms with Gasteiger partial charge in [-0.3, -0.25) is 9.59 Å². The Morgan fingerprint density at radius 2 is 2.25 bits per heavy atom. The second-order valence-electron chi connectivity index (χ2n) is 3.96. The number of anilines is 1. The number of nitrogens with one attached hydrogen (secondary N) is 1. The van der Waals surface area contributed by atoms with Crippen LogP contribution < -0.4 is 16.6 Å². The van der Waals surface area contributed by atoms with Crippen molar-refractivity contribution < 1.29 is 4.79 Å². The lowest BCUT2D eigenvalue weighted by Crippen LogP contribution is -2.21. The zero-order valence-corrected chi connectivity index (χ0v) is 9.56. The van der Waals surface area contributed by atoms with Crippen molar-refractivity contribution in [2.45, 2.75) is 13.3 Å². The van der Waals surface area contributed by atoms with Crippen LogP contribution in [0.15, 0.2) is 23.1 Å². The Morgan fingerprint density at radius 3 is 2.81 bits per heavy atom. The first-order chi connectivity index (χ1) is 7.52. The van der Waals surface area contributed by atoms with Crippen LogP contribution in [0.2, 0.25) is 0 Å². The molecule has 0 bridgehead atoms. The number of aryl methyl sites for hydroxylation is 1. The summed E-state index contributed by atoms with van der Waals surface area (Å²) in [7, 11) is 1.64. The lowest BCUT2D eigenvalue weighted by atomic mass is 10.1. The lowest BCUT2D eigenvalue weighted by molar-refractivity contribution is -0.116. The number of nitrogens with zero attached hydrogens (tertiary/aromatic N) is 1. The first-order valence-corrected chi connectivity index (χ1v) is 5.19. The van der Waals surface area contributed by atoms with Gasteiger partial charge in [0.05, 0.1) is 5.69 Å². The summed E-state index contributed by atoms with van der Waals surface area (Å²) in [5.41, 5.74) is 5.95. The molecule has 0 aliphatic carbocycles. The van der Waals surface area contributed by atoms with Crippen LogP contribution in [0.5, 0.6) is 0 Å². The van der Waals surface area contributed by atoms with Crippen LogP contribution >= 0.6 is 0 Å². The van der Waals surface area contributed by atoms with Gasteiger partial charge in [-0.2, -0.15) is 0 Å². The van der Waals surface area contributed by atoms with Gasteiger partial charge < -0.3 is 15.6 Å². The molecule has 1 atom stereocenters. The molecule has 1 aromatic rings. The molecule has 1 amide bonds. The van der Waals surface area contributed by atoms with E-state index in [2.05, 4.69) is 5.32 Å². The molecular weight excluding hydrogens is 206 g/mol. The Balaban J connectivity index is 2.63. The summed E-state index contributed by atoms with van der Waals surface area (Å²) in [5, 5.41) is 2.72. The summed E-state index contributed by atoms with van der Waals surface area (Å²) in [6, 6.07) is 3.01. The van der Waals surface area contributed by atoms with Crippen molar-refractivity contribution in [2.75, 3.05) is 11.9 Å². The fourth-order valence-electron chi connectivity index (χ4n) is 1.28. The van der Waals surface area contributed by atoms with E-state index in [9.17, 15) is 9.59 Å². The summed E-state index contributed by atoms with van der Waals surface area (Å²) in [6.07, 6.45) is 1.98. The molecule has 0 aromatic carbocycles. The Morgan fingerprint density at radius 1 is 1.56 bits per heavy atom. The van der Waals surface area contributed by atoms with Crippen molar-refractivity contribution in [3.05, 3.63) is 28.7 Å². The van der Waals surface area contributed by atoms with Gasteiger partial charge in [0, 0.05) is 25.7 Å². The molecule has 0 spiro atoms. The third-order valence-corrected chi connectivity index (χ3v) is 2.31. The van der Waals surface area contributed by atoms with E-state index in [4.69, 9.17) is 5.73 Å². The van der Waals surface area contributed by atoms with E-state index in [0.29, 0.717) is 18.7 Å². The highest BCUT2D eigenvalue weighted by molar-refractivity contribution is 5.90. The van der Waals surface area contributed by atoms with Gasteiger partial charge in [0.2, 0.25) is 11.5 Å². The molecule has 5 heteroatoms. The van der Waals surface area contributed by atoms with Crippen molar-refractivity contribution in [3.63, 3.8) is 0 Å². The average molecular weight is 223 g/mol. The largest absolute Gasteiger partial charge is 0.330 e.